The highest BCUT2D eigenvalue weighted by Gasteiger charge is 2.47. The number of para-hydroxylation sites is 1. The maximum absolute atomic E-state index is 13.5. The van der Waals surface area contributed by atoms with Gasteiger partial charge in [-0.15, -0.1) is 0 Å². The average molecular weight is 418 g/mol. The van der Waals surface area contributed by atoms with Crippen LogP contribution in [0.3, 0.4) is 0 Å². The summed E-state index contributed by atoms with van der Waals surface area (Å²) in [5.41, 5.74) is 4.20. The lowest BCUT2D eigenvalue weighted by atomic mass is 9.86. The van der Waals surface area contributed by atoms with Crippen LogP contribution in [0, 0.1) is 0 Å². The number of aliphatic hydroxyl groups excluding tert-OH is 1. The number of nitrogens with zero attached hydrogens (tertiary/aromatic N) is 2. The molecule has 6 nitrogen and oxygen atoms in total. The van der Waals surface area contributed by atoms with Crippen molar-refractivity contribution in [1.82, 2.24) is 14.8 Å². The van der Waals surface area contributed by atoms with Crippen LogP contribution in [0.5, 0.6) is 0 Å². The molecule has 3 heterocycles. The van der Waals surface area contributed by atoms with Crippen molar-refractivity contribution in [2.75, 3.05) is 19.7 Å². The first-order chi connectivity index (χ1) is 15.2. The first kappa shape index (κ1) is 19.8. The van der Waals surface area contributed by atoms with E-state index in [0.717, 1.165) is 47.0 Å². The Balaban J connectivity index is 1.55. The van der Waals surface area contributed by atoms with Gasteiger partial charge in [-0.3, -0.25) is 9.59 Å². The summed E-state index contributed by atoms with van der Waals surface area (Å²) < 4.78 is 0. The number of fused-ring (bicyclic) bond motifs is 4. The second-order valence-corrected chi connectivity index (χ2v) is 8.44. The molecule has 0 unspecified atom stereocenters. The maximum atomic E-state index is 13.5. The monoisotopic (exact) mass is 417 g/mol. The second-order valence-electron chi connectivity index (χ2n) is 8.44. The fraction of sp³-hybridized carbons (Fsp3) is 0.360. The number of rotatable bonds is 6. The van der Waals surface area contributed by atoms with Crippen LogP contribution in [0.4, 0.5) is 0 Å². The molecule has 0 bridgehead atoms. The zero-order valence-corrected chi connectivity index (χ0v) is 17.5. The van der Waals surface area contributed by atoms with Crippen molar-refractivity contribution in [2.45, 2.75) is 37.8 Å². The van der Waals surface area contributed by atoms with Gasteiger partial charge in [0.05, 0.1) is 12.6 Å². The summed E-state index contributed by atoms with van der Waals surface area (Å²) in [5, 5.41) is 10.1. The maximum Gasteiger partial charge on any atom is 0.246 e. The molecule has 2 amide bonds. The summed E-state index contributed by atoms with van der Waals surface area (Å²) >= 11 is 0. The fourth-order valence-electron chi connectivity index (χ4n) is 5.09. The van der Waals surface area contributed by atoms with Gasteiger partial charge >= 0.3 is 0 Å². The summed E-state index contributed by atoms with van der Waals surface area (Å²) in [7, 11) is 0. The molecule has 2 N–H and O–H groups in total. The molecule has 0 aliphatic carbocycles. The molecule has 0 spiro atoms. The summed E-state index contributed by atoms with van der Waals surface area (Å²) in [5.74, 6) is 0.0189. The third-order valence-electron chi connectivity index (χ3n) is 6.54. The number of carbonyl (C=O) groups is 2. The van der Waals surface area contributed by atoms with E-state index < -0.39 is 6.04 Å². The zero-order chi connectivity index (χ0) is 21.4. The summed E-state index contributed by atoms with van der Waals surface area (Å²) in [4.78, 5) is 33.9. The van der Waals surface area contributed by atoms with Gasteiger partial charge in [-0.1, -0.05) is 48.5 Å². The van der Waals surface area contributed by atoms with Gasteiger partial charge < -0.3 is 19.9 Å². The summed E-state index contributed by atoms with van der Waals surface area (Å²) in [6.45, 7) is 0.838. The van der Waals surface area contributed by atoms with Crippen LogP contribution in [0.1, 0.15) is 42.1 Å². The van der Waals surface area contributed by atoms with Gasteiger partial charge in [0.1, 0.15) is 6.04 Å². The van der Waals surface area contributed by atoms with Crippen molar-refractivity contribution in [3.63, 3.8) is 0 Å². The number of unbranched alkanes of at least 4 members (excludes halogenated alkanes) is 2. The van der Waals surface area contributed by atoms with Crippen molar-refractivity contribution in [3.8, 4) is 0 Å². The van der Waals surface area contributed by atoms with E-state index in [4.69, 9.17) is 5.11 Å². The fourth-order valence-corrected chi connectivity index (χ4v) is 5.09. The minimum absolute atomic E-state index is 0.00934. The molecular weight excluding hydrogens is 390 g/mol. The number of carbonyl (C=O) groups excluding carboxylic acids is 2. The standard InChI is InChI=1S/C25H27N3O3/c29-14-8-2-7-13-27-16-22(30)28-21(25(27)31)15-19-18-11-5-6-12-20(18)26-23(19)24(28)17-9-3-1-4-10-17/h1,3-6,9-12,21,24,26,29H,2,7-8,13-16H2/t21-,24-/m0/s1. The Morgan fingerprint density at radius 2 is 1.74 bits per heavy atom. The Labute approximate surface area is 181 Å². The Hall–Kier alpha value is -3.12. The summed E-state index contributed by atoms with van der Waals surface area (Å²) in [6.07, 6.45) is 2.90. The number of hydrogen-bond donors (Lipinski definition) is 2. The van der Waals surface area contributed by atoms with E-state index in [9.17, 15) is 9.59 Å². The molecule has 2 atom stereocenters. The smallest absolute Gasteiger partial charge is 0.246 e. The number of aliphatic hydroxyl groups is 1. The molecule has 1 saturated heterocycles. The molecule has 31 heavy (non-hydrogen) atoms. The second kappa shape index (κ2) is 8.19. The SMILES string of the molecule is O=C1[C@@H]2Cc3c([nH]c4ccccc34)[C@H](c3ccccc3)N2C(=O)CN1CCCCCO. The lowest BCUT2D eigenvalue weighted by Gasteiger charge is -2.47. The quantitative estimate of drug-likeness (QED) is 0.606. The molecule has 2 aromatic carbocycles. The first-order valence-corrected chi connectivity index (χ1v) is 11.0. The molecule has 2 aliphatic heterocycles. The molecule has 0 saturated carbocycles. The van der Waals surface area contributed by atoms with E-state index in [2.05, 4.69) is 11.1 Å². The molecule has 0 radical (unpaired) electrons. The molecule has 3 aromatic rings. The van der Waals surface area contributed by atoms with Crippen LogP contribution in [-0.4, -0.2) is 57.4 Å². The van der Waals surface area contributed by atoms with Crippen LogP contribution in [0.2, 0.25) is 0 Å². The van der Waals surface area contributed by atoms with E-state index in [-0.39, 0.29) is 31.0 Å². The number of benzene rings is 2. The zero-order valence-electron chi connectivity index (χ0n) is 17.5. The highest BCUT2D eigenvalue weighted by Crippen LogP contribution is 2.42. The van der Waals surface area contributed by atoms with Crippen LogP contribution >= 0.6 is 0 Å². The predicted molar refractivity (Wildman–Crippen MR) is 118 cm³/mol. The largest absolute Gasteiger partial charge is 0.396 e. The van der Waals surface area contributed by atoms with Gasteiger partial charge in [-0.25, -0.2) is 0 Å². The summed E-state index contributed by atoms with van der Waals surface area (Å²) in [6, 6.07) is 17.3. The van der Waals surface area contributed by atoms with Gasteiger partial charge in [0, 0.05) is 36.2 Å². The lowest BCUT2D eigenvalue weighted by molar-refractivity contribution is -0.158. The molecule has 5 rings (SSSR count). The number of hydrogen-bond acceptors (Lipinski definition) is 3. The van der Waals surface area contributed by atoms with Crippen molar-refractivity contribution in [1.29, 1.82) is 0 Å². The topological polar surface area (TPSA) is 76.6 Å². The van der Waals surface area contributed by atoms with Crippen LogP contribution in [0.15, 0.2) is 54.6 Å². The third kappa shape index (κ3) is 3.41. The number of amides is 2. The van der Waals surface area contributed by atoms with E-state index in [0.29, 0.717) is 13.0 Å². The average Bonchev–Trinajstić information content (AvgIpc) is 3.17. The molecule has 6 heteroatoms. The van der Waals surface area contributed by atoms with Crippen LogP contribution < -0.4 is 0 Å². The van der Waals surface area contributed by atoms with Crippen molar-refractivity contribution in [3.05, 3.63) is 71.4 Å². The van der Waals surface area contributed by atoms with Gasteiger partial charge in [0.15, 0.2) is 0 Å². The van der Waals surface area contributed by atoms with Crippen molar-refractivity contribution < 1.29 is 14.7 Å². The molecule has 1 aromatic heterocycles. The number of aromatic amines is 1. The normalized spacial score (nSPS) is 20.8. The molecule has 1 fully saturated rings. The van der Waals surface area contributed by atoms with Gasteiger partial charge in [0.2, 0.25) is 11.8 Å². The van der Waals surface area contributed by atoms with Gasteiger partial charge in [-0.05, 0) is 36.5 Å². The van der Waals surface area contributed by atoms with E-state index >= 15 is 0 Å². The Morgan fingerprint density at radius 3 is 2.55 bits per heavy atom. The van der Waals surface area contributed by atoms with E-state index in [1.165, 1.54) is 0 Å². The van der Waals surface area contributed by atoms with Crippen LogP contribution in [0.25, 0.3) is 10.9 Å². The highest BCUT2D eigenvalue weighted by atomic mass is 16.3. The highest BCUT2D eigenvalue weighted by molar-refractivity contribution is 5.97. The van der Waals surface area contributed by atoms with E-state index in [1.54, 1.807) is 9.80 Å². The minimum atomic E-state index is -0.490. The van der Waals surface area contributed by atoms with Crippen LogP contribution in [-0.2, 0) is 16.0 Å². The number of nitrogens with one attached hydrogen (secondary N) is 1. The van der Waals surface area contributed by atoms with Crippen molar-refractivity contribution >= 4 is 22.7 Å². The Morgan fingerprint density at radius 1 is 0.968 bits per heavy atom. The van der Waals surface area contributed by atoms with Gasteiger partial charge in [-0.2, -0.15) is 0 Å². The lowest BCUT2D eigenvalue weighted by Crippen LogP contribution is -2.63. The predicted octanol–water partition coefficient (Wildman–Crippen LogP) is 3.02. The van der Waals surface area contributed by atoms with E-state index in [1.807, 2.05) is 48.5 Å². The number of aromatic nitrogens is 1. The van der Waals surface area contributed by atoms with Gasteiger partial charge in [0.25, 0.3) is 0 Å². The number of piperazine rings is 1. The van der Waals surface area contributed by atoms with Crippen molar-refractivity contribution in [2.24, 2.45) is 0 Å². The Kier molecular flexibility index (Phi) is 5.24. The Bertz CT molecular complexity index is 1110. The minimum Gasteiger partial charge on any atom is -0.396 e. The number of H-pyrrole nitrogens is 1. The third-order valence-corrected chi connectivity index (χ3v) is 6.54. The first-order valence-electron chi connectivity index (χ1n) is 11.0. The molecule has 2 aliphatic rings. The molecular formula is C25H27N3O3. The molecule has 160 valence electrons.